The van der Waals surface area contributed by atoms with Gasteiger partial charge in [0.2, 0.25) is 0 Å². The minimum atomic E-state index is -0.240. The van der Waals surface area contributed by atoms with Crippen molar-refractivity contribution in [2.45, 2.75) is 25.5 Å². The predicted molar refractivity (Wildman–Crippen MR) is 78.4 cm³/mol. The summed E-state index contributed by atoms with van der Waals surface area (Å²) in [6, 6.07) is 3.23. The molecule has 0 bridgehead atoms. The molecule has 18 heavy (non-hydrogen) atoms. The summed E-state index contributed by atoms with van der Waals surface area (Å²) < 4.78 is 21.4. The Bertz CT molecular complexity index is 573. The highest BCUT2D eigenvalue weighted by Gasteiger charge is 2.14. The van der Waals surface area contributed by atoms with E-state index in [1.807, 2.05) is 34.1 Å². The van der Waals surface area contributed by atoms with Crippen molar-refractivity contribution in [1.29, 1.82) is 0 Å². The number of hydrogen-bond acceptors (Lipinski definition) is 2. The highest BCUT2D eigenvalue weighted by Crippen LogP contribution is 2.23. The molecular formula is C12H13ClFIN2O. The molecule has 3 nitrogen and oxygen atoms in total. The number of alkyl halides is 1. The maximum atomic E-state index is 13.6. The van der Waals surface area contributed by atoms with Gasteiger partial charge in [-0.1, -0.05) is 0 Å². The second-order valence-electron chi connectivity index (χ2n) is 4.07. The van der Waals surface area contributed by atoms with Gasteiger partial charge in [0.05, 0.1) is 33.1 Å². The van der Waals surface area contributed by atoms with Crippen molar-refractivity contribution in [3.8, 4) is 0 Å². The molecule has 6 heteroatoms. The number of imidazole rings is 1. The zero-order valence-corrected chi connectivity index (χ0v) is 13.0. The van der Waals surface area contributed by atoms with E-state index in [2.05, 4.69) is 4.98 Å². The number of aromatic nitrogens is 2. The first-order valence-electron chi connectivity index (χ1n) is 5.49. The molecule has 0 amide bonds. The van der Waals surface area contributed by atoms with Crippen LogP contribution < -0.4 is 0 Å². The summed E-state index contributed by atoms with van der Waals surface area (Å²) in [7, 11) is 1.65. The van der Waals surface area contributed by atoms with Crippen LogP contribution in [0.3, 0.4) is 0 Å². The van der Waals surface area contributed by atoms with Crippen LogP contribution in [0.2, 0.25) is 0 Å². The smallest absolute Gasteiger partial charge is 0.138 e. The third-order valence-corrected chi connectivity index (χ3v) is 3.90. The van der Waals surface area contributed by atoms with Crippen LogP contribution in [0.4, 0.5) is 4.39 Å². The molecule has 2 rings (SSSR count). The molecule has 0 fully saturated rings. The summed E-state index contributed by atoms with van der Waals surface area (Å²) in [6.07, 6.45) is 0.0201. The number of ether oxygens (including phenoxy) is 1. The fourth-order valence-corrected chi connectivity index (χ4v) is 2.46. The molecule has 1 unspecified atom stereocenters. The lowest BCUT2D eigenvalue weighted by atomic mass is 10.3. The number of halogens is 3. The number of methoxy groups -OCH3 is 1. The molecule has 1 aromatic heterocycles. The van der Waals surface area contributed by atoms with E-state index in [0.29, 0.717) is 16.0 Å². The Morgan fingerprint density at radius 1 is 1.56 bits per heavy atom. The van der Waals surface area contributed by atoms with Gasteiger partial charge >= 0.3 is 0 Å². The zero-order chi connectivity index (χ0) is 13.3. The molecule has 0 spiro atoms. The van der Waals surface area contributed by atoms with Crippen molar-refractivity contribution in [3.05, 3.63) is 27.3 Å². The molecular weight excluding hydrogens is 370 g/mol. The Kier molecular flexibility index (Phi) is 4.45. The van der Waals surface area contributed by atoms with E-state index >= 15 is 0 Å². The number of hydrogen-bond donors (Lipinski definition) is 0. The summed E-state index contributed by atoms with van der Waals surface area (Å²) >= 11 is 7.85. The molecule has 98 valence electrons. The van der Waals surface area contributed by atoms with Crippen molar-refractivity contribution in [1.82, 2.24) is 9.55 Å². The fraction of sp³-hybridized carbons (Fsp3) is 0.417. The molecule has 1 atom stereocenters. The lowest BCUT2D eigenvalue weighted by molar-refractivity contribution is 0.103. The monoisotopic (exact) mass is 382 g/mol. The molecule has 1 heterocycles. The van der Waals surface area contributed by atoms with Gasteiger partial charge in [-0.05, 0) is 35.6 Å². The largest absolute Gasteiger partial charge is 0.380 e. The Hall–Kier alpha value is -0.400. The highest BCUT2D eigenvalue weighted by molar-refractivity contribution is 14.1. The van der Waals surface area contributed by atoms with Gasteiger partial charge in [-0.2, -0.15) is 0 Å². The molecule has 0 aliphatic heterocycles. The number of nitrogens with zero attached hydrogens (tertiary/aromatic N) is 2. The van der Waals surface area contributed by atoms with Crippen molar-refractivity contribution in [2.24, 2.45) is 0 Å². The molecule has 2 aromatic rings. The van der Waals surface area contributed by atoms with Gasteiger partial charge in [0, 0.05) is 13.2 Å². The number of fused-ring (bicyclic) bond motifs is 1. The van der Waals surface area contributed by atoms with Crippen LogP contribution in [-0.2, 0) is 17.2 Å². The van der Waals surface area contributed by atoms with E-state index in [4.69, 9.17) is 16.3 Å². The first-order chi connectivity index (χ1) is 8.56. The van der Waals surface area contributed by atoms with Gasteiger partial charge in [0.25, 0.3) is 0 Å². The van der Waals surface area contributed by atoms with Crippen LogP contribution in [-0.4, -0.2) is 22.8 Å². The van der Waals surface area contributed by atoms with Gasteiger partial charge in [-0.3, -0.25) is 0 Å². The second-order valence-corrected chi connectivity index (χ2v) is 5.50. The Morgan fingerprint density at radius 3 is 2.89 bits per heavy atom. The van der Waals surface area contributed by atoms with Gasteiger partial charge in [-0.15, -0.1) is 11.6 Å². The average molecular weight is 383 g/mol. The van der Waals surface area contributed by atoms with E-state index in [1.165, 1.54) is 6.07 Å². The highest BCUT2D eigenvalue weighted by atomic mass is 127. The average Bonchev–Trinajstić information content (AvgIpc) is 2.67. The van der Waals surface area contributed by atoms with Gasteiger partial charge < -0.3 is 9.30 Å². The minimum Gasteiger partial charge on any atom is -0.380 e. The van der Waals surface area contributed by atoms with E-state index in [1.54, 1.807) is 13.2 Å². The van der Waals surface area contributed by atoms with Crippen molar-refractivity contribution < 1.29 is 9.13 Å². The van der Waals surface area contributed by atoms with E-state index in [9.17, 15) is 4.39 Å². The van der Waals surface area contributed by atoms with Crippen molar-refractivity contribution in [2.75, 3.05) is 7.11 Å². The normalized spacial score (nSPS) is 13.2. The molecule has 0 N–H and O–H groups in total. The van der Waals surface area contributed by atoms with Crippen LogP contribution in [0.1, 0.15) is 12.7 Å². The first-order valence-corrected chi connectivity index (χ1v) is 7.11. The van der Waals surface area contributed by atoms with E-state index in [-0.39, 0.29) is 11.9 Å². The summed E-state index contributed by atoms with van der Waals surface area (Å²) in [4.78, 5) is 4.42. The Balaban J connectivity index is 2.57. The van der Waals surface area contributed by atoms with Crippen molar-refractivity contribution in [3.63, 3.8) is 0 Å². The predicted octanol–water partition coefficient (Wildman–Crippen LogP) is 3.55. The lowest BCUT2D eigenvalue weighted by Crippen LogP contribution is -2.16. The summed E-state index contributed by atoms with van der Waals surface area (Å²) in [6.45, 7) is 2.56. The molecule has 0 saturated heterocycles. The maximum Gasteiger partial charge on any atom is 0.138 e. The van der Waals surface area contributed by atoms with Crippen LogP contribution in [0.25, 0.3) is 11.0 Å². The molecule has 0 saturated carbocycles. The Morgan fingerprint density at radius 2 is 2.28 bits per heavy atom. The summed E-state index contributed by atoms with van der Waals surface area (Å²) in [5.41, 5.74) is 1.52. The zero-order valence-electron chi connectivity index (χ0n) is 10.1. The molecule has 0 aliphatic carbocycles. The summed E-state index contributed by atoms with van der Waals surface area (Å²) in [5, 5.41) is 0. The third-order valence-electron chi connectivity index (χ3n) is 2.83. The van der Waals surface area contributed by atoms with Crippen LogP contribution in [0, 0.1) is 9.39 Å². The first kappa shape index (κ1) is 14.0. The van der Waals surface area contributed by atoms with E-state index < -0.39 is 0 Å². The van der Waals surface area contributed by atoms with Gasteiger partial charge in [0.1, 0.15) is 11.6 Å². The number of benzene rings is 1. The minimum absolute atomic E-state index is 0.0201. The SMILES string of the molecule is COC(C)Cn1c(CCl)nc2cc(I)c(F)cc21. The van der Waals surface area contributed by atoms with E-state index in [0.717, 1.165) is 16.9 Å². The molecule has 0 radical (unpaired) electrons. The number of rotatable bonds is 4. The van der Waals surface area contributed by atoms with Crippen LogP contribution in [0.5, 0.6) is 0 Å². The van der Waals surface area contributed by atoms with Crippen LogP contribution in [0.15, 0.2) is 12.1 Å². The third kappa shape index (κ3) is 2.62. The van der Waals surface area contributed by atoms with Gasteiger partial charge in [-0.25, -0.2) is 9.37 Å². The lowest BCUT2D eigenvalue weighted by Gasteiger charge is -2.13. The fourth-order valence-electron chi connectivity index (χ4n) is 1.81. The maximum absolute atomic E-state index is 13.6. The summed E-state index contributed by atoms with van der Waals surface area (Å²) in [5.74, 6) is 0.788. The Labute approximate surface area is 123 Å². The molecule has 1 aromatic carbocycles. The topological polar surface area (TPSA) is 27.1 Å². The molecule has 0 aliphatic rings. The van der Waals surface area contributed by atoms with Crippen LogP contribution >= 0.6 is 34.2 Å². The standard InChI is InChI=1S/C12H13ClFIN2O/c1-7(18-2)6-17-11-3-8(14)9(15)4-10(11)16-12(17)5-13/h3-4,7H,5-6H2,1-2H3. The quantitative estimate of drug-likeness (QED) is 0.597. The second kappa shape index (κ2) is 5.71. The van der Waals surface area contributed by atoms with Crippen molar-refractivity contribution >= 4 is 45.2 Å². The van der Waals surface area contributed by atoms with Gasteiger partial charge in [0.15, 0.2) is 0 Å².